The van der Waals surface area contributed by atoms with Gasteiger partial charge in [0.15, 0.2) is 5.96 Å². The van der Waals surface area contributed by atoms with Gasteiger partial charge in [-0.15, -0.1) is 0 Å². The zero-order valence-electron chi connectivity index (χ0n) is 56.7. The Hall–Kier alpha value is -9.25. The smallest absolute Gasteiger partial charge is 0.245 e. The number of thioether (sulfide) groups is 2. The van der Waals surface area contributed by atoms with Crippen LogP contribution in [0.1, 0.15) is 123 Å². The van der Waals surface area contributed by atoms with Crippen LogP contribution < -0.4 is 86.7 Å². The number of amides is 14. The number of hydrogen-bond acceptors (Lipinski definition) is 19. The number of benzene rings is 2. The molecular formula is C63H99N17O16S2. The van der Waals surface area contributed by atoms with E-state index in [1.54, 1.807) is 34.6 Å². The number of primary amides is 2. The first-order chi connectivity index (χ1) is 46.2. The van der Waals surface area contributed by atoms with Gasteiger partial charge >= 0.3 is 0 Å². The van der Waals surface area contributed by atoms with Gasteiger partial charge in [-0.1, -0.05) is 90.8 Å². The number of hydrogen-bond donors (Lipinski definition) is 18. The molecule has 35 heteroatoms. The van der Waals surface area contributed by atoms with Gasteiger partial charge in [-0.3, -0.25) is 72.1 Å². The summed E-state index contributed by atoms with van der Waals surface area (Å²) in [5, 5.41) is 50.5. The molecule has 0 aliphatic heterocycles. The van der Waals surface area contributed by atoms with E-state index in [-0.39, 0.29) is 74.2 Å². The van der Waals surface area contributed by atoms with Crippen molar-refractivity contribution in [3.8, 4) is 5.75 Å². The SMILES string of the molecule is CCCC(=O)N[C@@H](CSCc1cccc(CSC[C@H](NC(=O)[C@H](CCCN=C(N)N)NC(C)=O)C(=O)N[C@H](C(=O)N[C@@H](Cc2ccc(O)cc2)C(=O)NCC(=O)N[C@H](C(=O)NCC(=O)N[C@@H](CCC)C(=O)NCC(=O)NCC(=O)N[C@@H](CCC)C(N)=O)[C@@H](C)O)C(C)(C)C)c1)C(N)=O. The van der Waals surface area contributed by atoms with Gasteiger partial charge < -0.3 is 96.9 Å². The predicted octanol–water partition coefficient (Wildman–Crippen LogP) is -3.68. The van der Waals surface area contributed by atoms with Crippen molar-refractivity contribution in [2.75, 3.05) is 44.2 Å². The van der Waals surface area contributed by atoms with E-state index in [2.05, 4.69) is 68.8 Å². The van der Waals surface area contributed by atoms with Crippen molar-refractivity contribution in [1.29, 1.82) is 0 Å². The molecule has 98 heavy (non-hydrogen) atoms. The van der Waals surface area contributed by atoms with Gasteiger partial charge in [0, 0.05) is 49.3 Å². The lowest BCUT2D eigenvalue weighted by atomic mass is 9.85. The average molecular weight is 1410 g/mol. The third-order valence-electron chi connectivity index (χ3n) is 14.2. The van der Waals surface area contributed by atoms with Crippen LogP contribution in [0, 0.1) is 5.41 Å². The summed E-state index contributed by atoms with van der Waals surface area (Å²) in [6.07, 6.45) is 0.657. The summed E-state index contributed by atoms with van der Waals surface area (Å²) >= 11 is 2.65. The Morgan fingerprint density at radius 3 is 1.51 bits per heavy atom. The maximum atomic E-state index is 14.7. The molecule has 2 aromatic carbocycles. The van der Waals surface area contributed by atoms with Crippen molar-refractivity contribution < 1.29 is 77.3 Å². The van der Waals surface area contributed by atoms with Crippen LogP contribution in [0.5, 0.6) is 5.75 Å². The van der Waals surface area contributed by atoms with Crippen LogP contribution >= 0.6 is 23.5 Å². The standard InChI is InChI=1S/C63H99N17O16S2/c1-9-14-41(54(64)89)74-49(86)28-69-48(85)27-70-56(91)42(15-10-2)75-50(87)29-72-60(95)52(35(4)81)79-51(88)30-71-57(92)44(26-37-20-22-40(83)23-21-37)77-61(96)53(63(6,7)8)80-59(94)46(78-58(93)43(73-36(5)82)19-13-24-68-62(66)67)34-98-32-39-18-12-17-38(25-39)31-97-33-45(55(65)90)76-47(84)16-11-3/h12,17-18,20-23,25,35,41-46,52-53,81,83H,9-11,13-16,19,24,26-34H2,1-8H3,(H2,64,89)(H2,65,90)(H,69,85)(H,70,91)(H,71,92)(H,72,95)(H,73,82)(H,74,86)(H,75,87)(H,76,84)(H,77,96)(H,78,93)(H,79,88)(H,80,94)(H4,66,67,68)/t35-,41+,42+,43+,44+,45+,46+,52+,53-/m1/s1. The number of phenols is 1. The van der Waals surface area contributed by atoms with Gasteiger partial charge in [0.2, 0.25) is 82.7 Å². The fourth-order valence-electron chi connectivity index (χ4n) is 9.16. The fraction of sp³-hybridized carbons (Fsp3) is 0.571. The zero-order valence-corrected chi connectivity index (χ0v) is 58.4. The van der Waals surface area contributed by atoms with E-state index in [0.717, 1.165) is 18.1 Å². The van der Waals surface area contributed by atoms with Gasteiger partial charge in [-0.25, -0.2) is 0 Å². The second-order valence-corrected chi connectivity index (χ2v) is 26.1. The number of guanidine groups is 1. The van der Waals surface area contributed by atoms with Crippen molar-refractivity contribution >= 4 is 112 Å². The summed E-state index contributed by atoms with van der Waals surface area (Å²) in [6.45, 7) is 10.0. The molecule has 14 amide bonds. The molecule has 544 valence electrons. The zero-order chi connectivity index (χ0) is 73.7. The summed E-state index contributed by atoms with van der Waals surface area (Å²) < 4.78 is 0. The van der Waals surface area contributed by atoms with Crippen molar-refractivity contribution in [3.63, 3.8) is 0 Å². The minimum Gasteiger partial charge on any atom is -0.508 e. The largest absolute Gasteiger partial charge is 0.508 e. The minimum atomic E-state index is -1.71. The van der Waals surface area contributed by atoms with Gasteiger partial charge in [0.25, 0.3) is 0 Å². The molecular weight excluding hydrogens is 1310 g/mol. The van der Waals surface area contributed by atoms with Crippen LogP contribution in [0.3, 0.4) is 0 Å². The highest BCUT2D eigenvalue weighted by atomic mass is 32.2. The molecule has 0 aromatic heterocycles. The molecule has 0 bridgehead atoms. The van der Waals surface area contributed by atoms with E-state index in [4.69, 9.17) is 22.9 Å². The maximum absolute atomic E-state index is 14.7. The third-order valence-corrected chi connectivity index (χ3v) is 16.4. The van der Waals surface area contributed by atoms with E-state index < -0.39 is 163 Å². The monoisotopic (exact) mass is 1410 g/mol. The number of aliphatic imine (C=N–C) groups is 1. The number of rotatable bonds is 45. The summed E-state index contributed by atoms with van der Waals surface area (Å²) in [4.78, 5) is 187. The van der Waals surface area contributed by atoms with E-state index >= 15 is 0 Å². The molecule has 22 N–H and O–H groups in total. The highest BCUT2D eigenvalue weighted by Crippen LogP contribution is 2.23. The van der Waals surface area contributed by atoms with Crippen molar-refractivity contribution in [2.24, 2.45) is 33.3 Å². The molecule has 0 fully saturated rings. The van der Waals surface area contributed by atoms with E-state index in [1.165, 1.54) is 54.7 Å². The number of aromatic hydroxyl groups is 1. The first kappa shape index (κ1) is 84.8. The maximum Gasteiger partial charge on any atom is 0.245 e. The number of carbonyl (C=O) groups is 14. The molecule has 2 rings (SSSR count). The second-order valence-electron chi connectivity index (χ2n) is 24.1. The molecule has 2 aromatic rings. The van der Waals surface area contributed by atoms with E-state index in [1.807, 2.05) is 31.2 Å². The Morgan fingerprint density at radius 1 is 0.500 bits per heavy atom. The van der Waals surface area contributed by atoms with Crippen LogP contribution in [-0.2, 0) is 85.1 Å². The molecule has 0 saturated carbocycles. The Labute approximate surface area is 578 Å². The average Bonchev–Trinajstić information content (AvgIpc) is 0.830. The summed E-state index contributed by atoms with van der Waals surface area (Å²) in [7, 11) is 0. The highest BCUT2D eigenvalue weighted by molar-refractivity contribution is 7.98. The van der Waals surface area contributed by atoms with Gasteiger partial charge in [-0.05, 0) is 73.3 Å². The van der Waals surface area contributed by atoms with Crippen LogP contribution in [0.2, 0.25) is 0 Å². The number of nitrogens with zero attached hydrogens (tertiary/aromatic N) is 1. The fourth-order valence-corrected chi connectivity index (χ4v) is 11.2. The molecule has 0 heterocycles. The number of nitrogens with one attached hydrogen (secondary N) is 12. The third kappa shape index (κ3) is 34.1. The van der Waals surface area contributed by atoms with Crippen LogP contribution in [0.15, 0.2) is 53.5 Å². The summed E-state index contributed by atoms with van der Waals surface area (Å²) in [5.41, 5.74) is 22.8. The molecule has 0 spiro atoms. The van der Waals surface area contributed by atoms with Gasteiger partial charge in [-0.2, -0.15) is 23.5 Å². The van der Waals surface area contributed by atoms with Crippen LogP contribution in [0.25, 0.3) is 0 Å². The first-order valence-electron chi connectivity index (χ1n) is 32.0. The Balaban J connectivity index is 2.31. The normalized spacial score (nSPS) is 13.8. The van der Waals surface area contributed by atoms with Gasteiger partial charge in [0.1, 0.15) is 54.1 Å². The minimum absolute atomic E-state index is 0.0589. The number of aliphatic hydroxyl groups is 1. The molecule has 0 aliphatic rings. The molecule has 0 unspecified atom stereocenters. The summed E-state index contributed by atoms with van der Waals surface area (Å²) in [6, 6.07) is 2.96. The topological polar surface area (TPSA) is 540 Å². The highest BCUT2D eigenvalue weighted by Gasteiger charge is 2.38. The van der Waals surface area contributed by atoms with Crippen molar-refractivity contribution in [1.82, 2.24) is 63.8 Å². The first-order valence-corrected chi connectivity index (χ1v) is 34.3. The molecule has 0 saturated heterocycles. The lowest BCUT2D eigenvalue weighted by molar-refractivity contribution is -0.136. The quantitative estimate of drug-likeness (QED) is 0.0172. The molecule has 33 nitrogen and oxygen atoms in total. The van der Waals surface area contributed by atoms with Crippen LogP contribution in [-0.4, -0.2) is 198 Å². The Morgan fingerprint density at radius 2 is 0.980 bits per heavy atom. The number of aliphatic hydroxyl groups excluding tert-OH is 1. The molecule has 0 radical (unpaired) electrons. The molecule has 0 aliphatic carbocycles. The van der Waals surface area contributed by atoms with Gasteiger partial charge in [0.05, 0.1) is 32.3 Å². The molecule has 9 atom stereocenters. The van der Waals surface area contributed by atoms with Crippen LogP contribution in [0.4, 0.5) is 0 Å². The second kappa shape index (κ2) is 44.6. The number of phenolic OH excluding ortho intramolecular Hbond substituents is 1. The predicted molar refractivity (Wildman–Crippen MR) is 368 cm³/mol. The Kier molecular flexibility index (Phi) is 38.6. The van der Waals surface area contributed by atoms with E-state index in [9.17, 15) is 77.3 Å². The number of nitrogens with two attached hydrogens (primary N) is 4. The number of carbonyl (C=O) groups excluding carboxylic acids is 14. The van der Waals surface area contributed by atoms with Crippen molar-refractivity contribution in [2.45, 2.75) is 179 Å². The van der Waals surface area contributed by atoms with E-state index in [0.29, 0.717) is 36.3 Å². The lowest BCUT2D eigenvalue weighted by Crippen LogP contribution is -2.62. The Bertz CT molecular complexity index is 3080. The summed E-state index contributed by atoms with van der Waals surface area (Å²) in [5.74, 6) is -10.2. The van der Waals surface area contributed by atoms with Crippen molar-refractivity contribution in [3.05, 3.63) is 65.2 Å². The lowest BCUT2D eigenvalue weighted by Gasteiger charge is -2.33.